The molecule has 26 heavy (non-hydrogen) atoms. The van der Waals surface area contributed by atoms with E-state index in [1.165, 1.54) is 0 Å². The maximum atomic E-state index is 12.1. The van der Waals surface area contributed by atoms with Crippen LogP contribution in [0.2, 0.25) is 0 Å². The molecule has 0 heterocycles. The van der Waals surface area contributed by atoms with Crippen LogP contribution in [0.1, 0.15) is 18.1 Å². The Hall–Kier alpha value is -2.79. The third-order valence-corrected chi connectivity index (χ3v) is 3.62. The van der Waals surface area contributed by atoms with Crippen molar-refractivity contribution in [3.63, 3.8) is 0 Å². The van der Waals surface area contributed by atoms with Crippen LogP contribution in [0.25, 0.3) is 0 Å². The number of hydrogen-bond donors (Lipinski definition) is 2. The average Bonchev–Trinajstić information content (AvgIpc) is 2.63. The van der Waals surface area contributed by atoms with Crippen molar-refractivity contribution in [2.24, 2.45) is 0 Å². The van der Waals surface area contributed by atoms with Gasteiger partial charge in [0.05, 0.1) is 6.61 Å². The fourth-order valence-corrected chi connectivity index (χ4v) is 2.35. The minimum absolute atomic E-state index is 0.0813. The summed E-state index contributed by atoms with van der Waals surface area (Å²) in [5, 5.41) is 6.06. The second kappa shape index (κ2) is 10.3. The van der Waals surface area contributed by atoms with Crippen molar-refractivity contribution in [2.75, 3.05) is 25.1 Å². The number of aryl methyl sites for hydroxylation is 1. The van der Waals surface area contributed by atoms with Crippen LogP contribution in [-0.2, 0) is 11.3 Å². The second-order valence-electron chi connectivity index (χ2n) is 5.84. The molecule has 0 spiro atoms. The molecule has 0 bridgehead atoms. The van der Waals surface area contributed by atoms with Gasteiger partial charge in [-0.1, -0.05) is 29.8 Å². The van der Waals surface area contributed by atoms with Crippen LogP contribution in [0.4, 0.5) is 5.69 Å². The summed E-state index contributed by atoms with van der Waals surface area (Å²) in [5.74, 6) is 0.972. The molecule has 2 N–H and O–H groups in total. The molecule has 0 aliphatic carbocycles. The third kappa shape index (κ3) is 6.26. The molecule has 2 rings (SSSR count). The molecule has 2 aromatic carbocycles. The number of amides is 1. The predicted octanol–water partition coefficient (Wildman–Crippen LogP) is 3.69. The summed E-state index contributed by atoms with van der Waals surface area (Å²) in [7, 11) is 0. The number of nitrogens with one attached hydrogen (secondary N) is 2. The highest BCUT2D eigenvalue weighted by Crippen LogP contribution is 2.28. The maximum Gasteiger partial charge on any atom is 0.262 e. The van der Waals surface area contributed by atoms with Crippen LogP contribution in [0.3, 0.4) is 0 Å². The van der Waals surface area contributed by atoms with E-state index < -0.39 is 0 Å². The summed E-state index contributed by atoms with van der Waals surface area (Å²) in [5.41, 5.74) is 2.97. The van der Waals surface area contributed by atoms with Crippen molar-refractivity contribution in [3.05, 3.63) is 66.2 Å². The summed E-state index contributed by atoms with van der Waals surface area (Å²) in [4.78, 5) is 12.1. The minimum atomic E-state index is -0.215. The summed E-state index contributed by atoms with van der Waals surface area (Å²) in [6.07, 6.45) is 1.81. The van der Waals surface area contributed by atoms with Gasteiger partial charge in [0.15, 0.2) is 18.1 Å². The molecule has 0 atom stereocenters. The lowest BCUT2D eigenvalue weighted by Gasteiger charge is -2.14. The number of carbonyl (C=O) groups is 1. The Kier molecular flexibility index (Phi) is 7.71. The van der Waals surface area contributed by atoms with E-state index in [0.29, 0.717) is 24.7 Å². The van der Waals surface area contributed by atoms with Gasteiger partial charge in [0, 0.05) is 18.8 Å². The number of rotatable bonds is 10. The van der Waals surface area contributed by atoms with Gasteiger partial charge in [0.25, 0.3) is 5.91 Å². The van der Waals surface area contributed by atoms with Crippen molar-refractivity contribution >= 4 is 11.6 Å². The number of ether oxygens (including phenoxy) is 2. The van der Waals surface area contributed by atoms with Crippen LogP contribution in [-0.4, -0.2) is 25.7 Å². The van der Waals surface area contributed by atoms with Gasteiger partial charge < -0.3 is 20.1 Å². The van der Waals surface area contributed by atoms with Gasteiger partial charge in [-0.25, -0.2) is 0 Å². The van der Waals surface area contributed by atoms with Crippen LogP contribution in [0.15, 0.2) is 55.1 Å². The van der Waals surface area contributed by atoms with Crippen molar-refractivity contribution in [1.82, 2.24) is 5.32 Å². The smallest absolute Gasteiger partial charge is 0.262 e. The molecule has 2 aromatic rings. The van der Waals surface area contributed by atoms with E-state index in [1.54, 1.807) is 0 Å². The highest BCUT2D eigenvalue weighted by Gasteiger charge is 2.09. The van der Waals surface area contributed by atoms with Gasteiger partial charge in [-0.15, -0.1) is 6.58 Å². The normalized spacial score (nSPS) is 10.2. The third-order valence-electron chi connectivity index (χ3n) is 3.62. The van der Waals surface area contributed by atoms with Crippen LogP contribution >= 0.6 is 0 Å². The zero-order chi connectivity index (χ0) is 18.8. The molecule has 0 unspecified atom stereocenters. The largest absolute Gasteiger partial charge is 0.490 e. The number of carbonyl (C=O) groups excluding carboxylic acids is 1. The quantitative estimate of drug-likeness (QED) is 0.505. The molecule has 1 amide bonds. The fraction of sp³-hybridized carbons (Fsp3) is 0.286. The lowest BCUT2D eigenvalue weighted by molar-refractivity contribution is -0.118. The van der Waals surface area contributed by atoms with E-state index in [1.807, 2.05) is 62.4 Å². The standard InChI is InChI=1S/C21H26N2O3/c1-4-12-22-14-17-8-11-19(20(13-17)25-5-2)26-15-21(24)23-18-9-6-16(3)7-10-18/h4,6-11,13,22H,1,5,12,14-15H2,2-3H3,(H,23,24). The maximum absolute atomic E-state index is 12.1. The molecular weight excluding hydrogens is 328 g/mol. The Morgan fingerprint density at radius 1 is 1.12 bits per heavy atom. The first kappa shape index (κ1) is 19.5. The molecule has 0 radical (unpaired) electrons. The first-order chi connectivity index (χ1) is 12.6. The van der Waals surface area contributed by atoms with Crippen molar-refractivity contribution in [1.29, 1.82) is 0 Å². The highest BCUT2D eigenvalue weighted by atomic mass is 16.5. The highest BCUT2D eigenvalue weighted by molar-refractivity contribution is 5.91. The van der Waals surface area contributed by atoms with Crippen molar-refractivity contribution in [2.45, 2.75) is 20.4 Å². The Bertz CT molecular complexity index is 727. The van der Waals surface area contributed by atoms with Gasteiger partial charge in [-0.05, 0) is 43.7 Å². The van der Waals surface area contributed by atoms with E-state index in [4.69, 9.17) is 9.47 Å². The fourth-order valence-electron chi connectivity index (χ4n) is 2.35. The summed E-state index contributed by atoms with van der Waals surface area (Å²) < 4.78 is 11.3. The van der Waals surface area contributed by atoms with Gasteiger partial charge >= 0.3 is 0 Å². The Morgan fingerprint density at radius 3 is 2.58 bits per heavy atom. The molecule has 0 aromatic heterocycles. The zero-order valence-electron chi connectivity index (χ0n) is 15.4. The second-order valence-corrected chi connectivity index (χ2v) is 5.84. The monoisotopic (exact) mass is 354 g/mol. The van der Waals surface area contributed by atoms with E-state index in [0.717, 1.165) is 23.4 Å². The predicted molar refractivity (Wildman–Crippen MR) is 105 cm³/mol. The molecule has 0 aliphatic rings. The van der Waals surface area contributed by atoms with Crippen LogP contribution in [0.5, 0.6) is 11.5 Å². The summed E-state index contributed by atoms with van der Waals surface area (Å²) >= 11 is 0. The first-order valence-electron chi connectivity index (χ1n) is 8.69. The SMILES string of the molecule is C=CCNCc1ccc(OCC(=O)Nc2ccc(C)cc2)c(OCC)c1. The molecule has 0 saturated carbocycles. The van der Waals surface area contributed by atoms with E-state index >= 15 is 0 Å². The molecule has 138 valence electrons. The molecule has 5 heteroatoms. The minimum Gasteiger partial charge on any atom is -0.490 e. The van der Waals surface area contributed by atoms with Gasteiger partial charge in [0.1, 0.15) is 0 Å². The lowest BCUT2D eigenvalue weighted by Crippen LogP contribution is -2.20. The average molecular weight is 354 g/mol. The molecular formula is C21H26N2O3. The van der Waals surface area contributed by atoms with Crippen LogP contribution < -0.4 is 20.1 Å². The van der Waals surface area contributed by atoms with Gasteiger partial charge in [-0.3, -0.25) is 4.79 Å². The Balaban J connectivity index is 1.95. The van der Waals surface area contributed by atoms with Crippen molar-refractivity contribution < 1.29 is 14.3 Å². The molecule has 0 saturated heterocycles. The van der Waals surface area contributed by atoms with E-state index in [2.05, 4.69) is 17.2 Å². The first-order valence-corrected chi connectivity index (χ1v) is 8.69. The van der Waals surface area contributed by atoms with E-state index in [-0.39, 0.29) is 12.5 Å². The number of hydrogen-bond acceptors (Lipinski definition) is 4. The molecule has 5 nitrogen and oxygen atoms in total. The van der Waals surface area contributed by atoms with Crippen LogP contribution in [0, 0.1) is 6.92 Å². The molecule has 0 aliphatic heterocycles. The Morgan fingerprint density at radius 2 is 1.88 bits per heavy atom. The number of anilines is 1. The number of benzene rings is 2. The van der Waals surface area contributed by atoms with Gasteiger partial charge in [-0.2, -0.15) is 0 Å². The van der Waals surface area contributed by atoms with Crippen molar-refractivity contribution in [3.8, 4) is 11.5 Å². The molecule has 0 fully saturated rings. The summed E-state index contributed by atoms with van der Waals surface area (Å²) in [6.45, 7) is 9.48. The van der Waals surface area contributed by atoms with Gasteiger partial charge in [0.2, 0.25) is 0 Å². The topological polar surface area (TPSA) is 59.6 Å². The zero-order valence-corrected chi connectivity index (χ0v) is 15.4. The summed E-state index contributed by atoms with van der Waals surface area (Å²) in [6, 6.07) is 13.3. The van der Waals surface area contributed by atoms with E-state index in [9.17, 15) is 4.79 Å². The lowest BCUT2D eigenvalue weighted by atomic mass is 10.2. The Labute approximate surface area is 155 Å².